The van der Waals surface area contributed by atoms with E-state index in [0.717, 1.165) is 11.3 Å². The lowest BCUT2D eigenvalue weighted by atomic mass is 10.1. The summed E-state index contributed by atoms with van der Waals surface area (Å²) in [6, 6.07) is 12.8. The van der Waals surface area contributed by atoms with Crippen molar-refractivity contribution in [1.82, 2.24) is 0 Å². The summed E-state index contributed by atoms with van der Waals surface area (Å²) in [6.45, 7) is 0.439. The third kappa shape index (κ3) is 7.38. The zero-order valence-corrected chi connectivity index (χ0v) is 16.2. The molecule has 2 rings (SSSR count). The highest BCUT2D eigenvalue weighted by Crippen LogP contribution is 2.24. The van der Waals surface area contributed by atoms with Crippen LogP contribution in [-0.2, 0) is 6.42 Å². The number of rotatable bonds is 6. The van der Waals surface area contributed by atoms with E-state index < -0.39 is 6.36 Å². The molecule has 142 valence electrons. The van der Waals surface area contributed by atoms with Crippen LogP contribution in [0.15, 0.2) is 53.5 Å². The number of para-hydroxylation sites is 1. The van der Waals surface area contributed by atoms with Crippen molar-refractivity contribution in [2.24, 2.45) is 10.7 Å². The monoisotopic (exact) mass is 481 g/mol. The van der Waals surface area contributed by atoms with E-state index in [1.165, 1.54) is 24.3 Å². The maximum Gasteiger partial charge on any atom is 0.573 e. The molecule has 0 aliphatic carbocycles. The predicted molar refractivity (Wildman–Crippen MR) is 105 cm³/mol. The normalized spacial score (nSPS) is 11.5. The average Bonchev–Trinajstić information content (AvgIpc) is 2.56. The molecule has 0 amide bonds. The van der Waals surface area contributed by atoms with Gasteiger partial charge in [0.1, 0.15) is 11.5 Å². The van der Waals surface area contributed by atoms with E-state index in [-0.39, 0.29) is 35.7 Å². The highest BCUT2D eigenvalue weighted by molar-refractivity contribution is 14.0. The molecule has 2 aromatic carbocycles. The van der Waals surface area contributed by atoms with Gasteiger partial charge in [-0.25, -0.2) is 0 Å². The molecule has 0 spiro atoms. The van der Waals surface area contributed by atoms with Crippen molar-refractivity contribution >= 4 is 35.6 Å². The Balaban J connectivity index is 0.00000338. The first-order valence-corrected chi connectivity index (χ1v) is 7.42. The van der Waals surface area contributed by atoms with Crippen LogP contribution in [0, 0.1) is 0 Å². The minimum absolute atomic E-state index is 0. The summed E-state index contributed by atoms with van der Waals surface area (Å²) in [4.78, 5) is 4.19. The molecular formula is C17H19F3IN3O2. The molecule has 0 aromatic heterocycles. The van der Waals surface area contributed by atoms with Crippen LogP contribution >= 0.6 is 24.0 Å². The van der Waals surface area contributed by atoms with Crippen molar-refractivity contribution < 1.29 is 22.6 Å². The molecule has 2 aromatic rings. The van der Waals surface area contributed by atoms with Crippen molar-refractivity contribution in [2.45, 2.75) is 12.8 Å². The second-order valence-electron chi connectivity index (χ2n) is 5.03. The molecule has 0 unspecified atom stereocenters. The topological polar surface area (TPSA) is 68.9 Å². The Hall–Kier alpha value is -2.17. The molecule has 0 bridgehead atoms. The number of alkyl halides is 3. The number of guanidine groups is 1. The summed E-state index contributed by atoms with van der Waals surface area (Å²) < 4.78 is 45.4. The third-order valence-electron chi connectivity index (χ3n) is 3.22. The fourth-order valence-corrected chi connectivity index (χ4v) is 2.13. The summed E-state index contributed by atoms with van der Waals surface area (Å²) in [7, 11) is 1.60. The van der Waals surface area contributed by atoms with Gasteiger partial charge >= 0.3 is 6.36 Å². The van der Waals surface area contributed by atoms with Gasteiger partial charge in [-0.2, -0.15) is 0 Å². The van der Waals surface area contributed by atoms with Crippen LogP contribution in [0.1, 0.15) is 5.56 Å². The summed E-state index contributed by atoms with van der Waals surface area (Å²) in [5.74, 6) is 0.647. The van der Waals surface area contributed by atoms with E-state index in [1.807, 2.05) is 24.3 Å². The number of ether oxygens (including phenoxy) is 2. The van der Waals surface area contributed by atoms with Crippen molar-refractivity contribution in [3.8, 4) is 11.5 Å². The van der Waals surface area contributed by atoms with Gasteiger partial charge in [0.15, 0.2) is 5.96 Å². The van der Waals surface area contributed by atoms with Gasteiger partial charge in [0.25, 0.3) is 0 Å². The van der Waals surface area contributed by atoms with E-state index in [1.54, 1.807) is 7.11 Å². The van der Waals surface area contributed by atoms with E-state index >= 15 is 0 Å². The summed E-state index contributed by atoms with van der Waals surface area (Å²) >= 11 is 0. The van der Waals surface area contributed by atoms with Crippen LogP contribution in [0.5, 0.6) is 11.5 Å². The van der Waals surface area contributed by atoms with Gasteiger partial charge in [-0.05, 0) is 42.3 Å². The fourth-order valence-electron chi connectivity index (χ4n) is 2.13. The molecule has 26 heavy (non-hydrogen) atoms. The molecule has 0 radical (unpaired) electrons. The number of aliphatic imine (C=N–C) groups is 1. The summed E-state index contributed by atoms with van der Waals surface area (Å²) in [6.07, 6.45) is -4.07. The first kappa shape index (κ1) is 21.9. The SMILES string of the molecule is COc1ccccc1CCN=C(N)Nc1ccc(OC(F)(F)F)cc1.I. The van der Waals surface area contributed by atoms with Gasteiger partial charge < -0.3 is 20.5 Å². The van der Waals surface area contributed by atoms with Gasteiger partial charge in [-0.15, -0.1) is 37.1 Å². The highest BCUT2D eigenvalue weighted by atomic mass is 127. The largest absolute Gasteiger partial charge is 0.573 e. The predicted octanol–water partition coefficient (Wildman–Crippen LogP) is 4.18. The Bertz CT molecular complexity index is 722. The van der Waals surface area contributed by atoms with Crippen LogP contribution in [0.3, 0.4) is 0 Å². The summed E-state index contributed by atoms with van der Waals surface area (Å²) in [5.41, 5.74) is 7.29. The van der Waals surface area contributed by atoms with Crippen LogP contribution in [-0.4, -0.2) is 26.0 Å². The summed E-state index contributed by atoms with van der Waals surface area (Å²) in [5, 5.41) is 2.81. The number of hydrogen-bond donors (Lipinski definition) is 2. The number of benzene rings is 2. The Morgan fingerprint density at radius 3 is 2.38 bits per heavy atom. The Labute approximate surface area is 166 Å². The molecular weight excluding hydrogens is 462 g/mol. The zero-order valence-electron chi connectivity index (χ0n) is 13.9. The molecule has 0 heterocycles. The van der Waals surface area contributed by atoms with Crippen molar-refractivity contribution in [3.63, 3.8) is 0 Å². The lowest BCUT2D eigenvalue weighted by molar-refractivity contribution is -0.274. The average molecular weight is 481 g/mol. The number of anilines is 1. The van der Waals surface area contributed by atoms with E-state index in [9.17, 15) is 13.2 Å². The maximum atomic E-state index is 12.1. The van der Waals surface area contributed by atoms with Gasteiger partial charge in [0, 0.05) is 12.2 Å². The van der Waals surface area contributed by atoms with E-state index in [4.69, 9.17) is 10.5 Å². The molecule has 0 saturated heterocycles. The lowest BCUT2D eigenvalue weighted by Gasteiger charge is -2.10. The number of nitrogens with one attached hydrogen (secondary N) is 1. The molecule has 3 N–H and O–H groups in total. The van der Waals surface area contributed by atoms with E-state index in [2.05, 4.69) is 15.0 Å². The van der Waals surface area contributed by atoms with Gasteiger partial charge in [-0.3, -0.25) is 4.99 Å². The van der Waals surface area contributed by atoms with Crippen LogP contribution in [0.25, 0.3) is 0 Å². The molecule has 9 heteroatoms. The quantitative estimate of drug-likeness (QED) is 0.369. The van der Waals surface area contributed by atoms with Crippen LogP contribution < -0.4 is 20.5 Å². The van der Waals surface area contributed by atoms with Gasteiger partial charge in [0.05, 0.1) is 7.11 Å². The molecule has 0 fully saturated rings. The molecule has 0 aliphatic heterocycles. The Morgan fingerprint density at radius 1 is 1.12 bits per heavy atom. The standard InChI is InChI=1S/C17H18F3N3O2.HI/c1-24-15-5-3-2-4-12(15)10-11-22-16(21)23-13-6-8-14(9-7-13)25-17(18,19)20;/h2-9H,10-11H2,1H3,(H3,21,22,23);1H. The number of methoxy groups -OCH3 is 1. The van der Waals surface area contributed by atoms with Gasteiger partial charge in [0.2, 0.25) is 0 Å². The van der Waals surface area contributed by atoms with Crippen molar-refractivity contribution in [2.75, 3.05) is 19.0 Å². The Morgan fingerprint density at radius 2 is 1.77 bits per heavy atom. The first-order valence-electron chi connectivity index (χ1n) is 7.42. The number of hydrogen-bond acceptors (Lipinski definition) is 3. The maximum absolute atomic E-state index is 12.1. The van der Waals surface area contributed by atoms with Gasteiger partial charge in [-0.1, -0.05) is 18.2 Å². The fraction of sp³-hybridized carbons (Fsp3) is 0.235. The van der Waals surface area contributed by atoms with Crippen LogP contribution in [0.2, 0.25) is 0 Å². The van der Waals surface area contributed by atoms with Crippen LogP contribution in [0.4, 0.5) is 18.9 Å². The zero-order chi connectivity index (χ0) is 18.3. The minimum Gasteiger partial charge on any atom is -0.496 e. The Kier molecular flexibility index (Phi) is 8.49. The number of nitrogens with zero attached hydrogens (tertiary/aromatic N) is 1. The molecule has 0 aliphatic rings. The molecule has 0 atom stereocenters. The highest BCUT2D eigenvalue weighted by Gasteiger charge is 2.30. The number of halogens is 4. The minimum atomic E-state index is -4.71. The van der Waals surface area contributed by atoms with Crippen molar-refractivity contribution in [1.29, 1.82) is 0 Å². The molecule has 0 saturated carbocycles. The number of nitrogens with two attached hydrogens (primary N) is 1. The third-order valence-corrected chi connectivity index (χ3v) is 3.22. The lowest BCUT2D eigenvalue weighted by Crippen LogP contribution is -2.23. The second kappa shape index (κ2) is 10.1. The first-order chi connectivity index (χ1) is 11.9. The second-order valence-corrected chi connectivity index (χ2v) is 5.03. The van der Waals surface area contributed by atoms with E-state index in [0.29, 0.717) is 18.7 Å². The molecule has 5 nitrogen and oxygen atoms in total. The smallest absolute Gasteiger partial charge is 0.496 e. The van der Waals surface area contributed by atoms with Crippen molar-refractivity contribution in [3.05, 3.63) is 54.1 Å².